The first kappa shape index (κ1) is 6.33. The second kappa shape index (κ2) is 2.67. The number of nitrogens with zero attached hydrogens (tertiary/aromatic N) is 1. The summed E-state index contributed by atoms with van der Waals surface area (Å²) in [6, 6.07) is 0. The Morgan fingerprint density at radius 3 is 3.11 bits per heavy atom. The Morgan fingerprint density at radius 1 is 1.89 bits per heavy atom. The van der Waals surface area contributed by atoms with Crippen molar-refractivity contribution >= 4 is 0 Å². The Balaban J connectivity index is 2.48. The summed E-state index contributed by atoms with van der Waals surface area (Å²) >= 11 is 0. The Morgan fingerprint density at radius 2 is 2.67 bits per heavy atom. The molecule has 1 aromatic rings. The molecule has 0 amide bonds. The normalized spacial score (nSPS) is 10.6. The molecule has 1 heterocycles. The van der Waals surface area contributed by atoms with Crippen LogP contribution >= 0.6 is 0 Å². The van der Waals surface area contributed by atoms with Crippen molar-refractivity contribution in [2.45, 2.75) is 13.3 Å². The van der Waals surface area contributed by atoms with Crippen LogP contribution in [-0.4, -0.2) is 9.97 Å². The molecule has 1 N–H and O–H groups in total. The molecule has 1 radical (unpaired) electrons. The highest BCUT2D eigenvalue weighted by molar-refractivity contribution is 4.88. The fourth-order valence-corrected chi connectivity index (χ4v) is 0.740. The van der Waals surface area contributed by atoms with E-state index in [9.17, 15) is 0 Å². The van der Waals surface area contributed by atoms with Gasteiger partial charge in [-0.1, -0.05) is 13.8 Å². The van der Waals surface area contributed by atoms with E-state index >= 15 is 0 Å². The topological polar surface area (TPSA) is 28.7 Å². The van der Waals surface area contributed by atoms with Crippen LogP contribution in [0.25, 0.3) is 0 Å². The van der Waals surface area contributed by atoms with Crippen LogP contribution in [0.15, 0.2) is 12.4 Å². The highest BCUT2D eigenvalue weighted by Crippen LogP contribution is 1.99. The van der Waals surface area contributed by atoms with Crippen LogP contribution in [0, 0.1) is 12.8 Å². The molecule has 49 valence electrons. The van der Waals surface area contributed by atoms with Gasteiger partial charge in [0.15, 0.2) is 0 Å². The summed E-state index contributed by atoms with van der Waals surface area (Å²) in [6.07, 6.45) is 4.53. The lowest BCUT2D eigenvalue weighted by Gasteiger charge is -1.97. The van der Waals surface area contributed by atoms with Crippen molar-refractivity contribution < 1.29 is 0 Å². The maximum absolute atomic E-state index is 4.06. The predicted molar refractivity (Wildman–Crippen MR) is 36.8 cm³/mol. The second-order valence-corrected chi connectivity index (χ2v) is 2.35. The van der Waals surface area contributed by atoms with E-state index in [-0.39, 0.29) is 0 Å². The molecule has 0 aromatic carbocycles. The SMILES string of the molecule is [CH2]C(C)Cc1ncc[nH]1. The van der Waals surface area contributed by atoms with Gasteiger partial charge >= 0.3 is 0 Å². The third-order valence-electron chi connectivity index (χ3n) is 1.10. The van der Waals surface area contributed by atoms with E-state index in [4.69, 9.17) is 0 Å². The first-order chi connectivity index (χ1) is 4.29. The summed E-state index contributed by atoms with van der Waals surface area (Å²) in [4.78, 5) is 7.08. The van der Waals surface area contributed by atoms with Crippen molar-refractivity contribution in [2.75, 3.05) is 0 Å². The minimum atomic E-state index is 0.441. The van der Waals surface area contributed by atoms with Crippen LogP contribution in [0.1, 0.15) is 12.7 Å². The quantitative estimate of drug-likeness (QED) is 0.633. The van der Waals surface area contributed by atoms with Crippen molar-refractivity contribution in [1.82, 2.24) is 9.97 Å². The third kappa shape index (κ3) is 1.88. The van der Waals surface area contributed by atoms with E-state index in [0.717, 1.165) is 12.2 Å². The number of nitrogens with one attached hydrogen (secondary N) is 1. The first-order valence-corrected chi connectivity index (χ1v) is 3.10. The Hall–Kier alpha value is -0.790. The van der Waals surface area contributed by atoms with E-state index < -0.39 is 0 Å². The van der Waals surface area contributed by atoms with Gasteiger partial charge in [0.05, 0.1) is 0 Å². The third-order valence-corrected chi connectivity index (χ3v) is 1.10. The summed E-state index contributed by atoms with van der Waals surface area (Å²) in [5.74, 6) is 1.47. The Bertz CT molecular complexity index is 153. The van der Waals surface area contributed by atoms with Gasteiger partial charge in [0.2, 0.25) is 0 Å². The molecule has 0 spiro atoms. The summed E-state index contributed by atoms with van der Waals surface area (Å²) in [5.41, 5.74) is 0. The van der Waals surface area contributed by atoms with Crippen LogP contribution in [0.4, 0.5) is 0 Å². The standard InChI is InChI=1S/C7H11N2/c1-6(2)5-7-8-3-4-9-7/h3-4,6H,1,5H2,2H3,(H,8,9). The van der Waals surface area contributed by atoms with E-state index in [1.165, 1.54) is 0 Å². The summed E-state index contributed by atoms with van der Waals surface area (Å²) in [7, 11) is 0. The molecular formula is C7H11N2. The maximum atomic E-state index is 4.06. The average Bonchev–Trinajstić information content (AvgIpc) is 2.15. The molecule has 1 aromatic heterocycles. The predicted octanol–water partition coefficient (Wildman–Crippen LogP) is 1.42. The molecule has 9 heavy (non-hydrogen) atoms. The highest BCUT2D eigenvalue weighted by atomic mass is 14.9. The number of aromatic nitrogens is 2. The van der Waals surface area contributed by atoms with Gasteiger partial charge in [0.1, 0.15) is 5.82 Å². The van der Waals surface area contributed by atoms with E-state index in [1.807, 2.05) is 6.20 Å². The Kier molecular flexibility index (Phi) is 1.88. The smallest absolute Gasteiger partial charge is 0.106 e. The van der Waals surface area contributed by atoms with Gasteiger partial charge in [0.25, 0.3) is 0 Å². The number of hydrogen-bond donors (Lipinski definition) is 1. The number of H-pyrrole nitrogens is 1. The highest BCUT2D eigenvalue weighted by Gasteiger charge is 1.96. The number of rotatable bonds is 2. The van der Waals surface area contributed by atoms with Crippen molar-refractivity contribution in [1.29, 1.82) is 0 Å². The average molecular weight is 123 g/mol. The van der Waals surface area contributed by atoms with Gasteiger partial charge in [-0.3, -0.25) is 0 Å². The van der Waals surface area contributed by atoms with E-state index in [0.29, 0.717) is 5.92 Å². The Labute approximate surface area is 55.3 Å². The van der Waals surface area contributed by atoms with Gasteiger partial charge in [-0.05, 0) is 5.92 Å². The molecule has 0 aliphatic rings. The molecule has 1 atom stereocenters. The zero-order valence-electron chi connectivity index (χ0n) is 5.59. The monoisotopic (exact) mass is 123 g/mol. The van der Waals surface area contributed by atoms with Crippen molar-refractivity contribution in [2.24, 2.45) is 5.92 Å². The number of imidazole rings is 1. The minimum Gasteiger partial charge on any atom is -0.349 e. The van der Waals surface area contributed by atoms with E-state index in [2.05, 4.69) is 23.8 Å². The minimum absolute atomic E-state index is 0.441. The zero-order chi connectivity index (χ0) is 6.69. The molecule has 1 unspecified atom stereocenters. The van der Waals surface area contributed by atoms with Gasteiger partial charge in [-0.25, -0.2) is 4.98 Å². The molecule has 0 aliphatic carbocycles. The van der Waals surface area contributed by atoms with Crippen molar-refractivity contribution in [3.05, 3.63) is 25.1 Å². The molecule has 0 aliphatic heterocycles. The van der Waals surface area contributed by atoms with Gasteiger partial charge in [-0.2, -0.15) is 0 Å². The van der Waals surface area contributed by atoms with Gasteiger partial charge in [-0.15, -0.1) is 0 Å². The van der Waals surface area contributed by atoms with Crippen molar-refractivity contribution in [3.8, 4) is 0 Å². The molecule has 0 saturated heterocycles. The molecule has 2 heteroatoms. The molecular weight excluding hydrogens is 112 g/mol. The lowest BCUT2D eigenvalue weighted by atomic mass is 10.1. The molecule has 0 bridgehead atoms. The number of aromatic amines is 1. The fraction of sp³-hybridized carbons (Fsp3) is 0.429. The number of hydrogen-bond acceptors (Lipinski definition) is 1. The van der Waals surface area contributed by atoms with Gasteiger partial charge in [0, 0.05) is 18.8 Å². The first-order valence-electron chi connectivity index (χ1n) is 3.10. The maximum Gasteiger partial charge on any atom is 0.106 e. The van der Waals surface area contributed by atoms with Crippen LogP contribution in [0.2, 0.25) is 0 Å². The largest absolute Gasteiger partial charge is 0.349 e. The van der Waals surface area contributed by atoms with Crippen LogP contribution < -0.4 is 0 Å². The lowest BCUT2D eigenvalue weighted by molar-refractivity contribution is 0.690. The van der Waals surface area contributed by atoms with Crippen LogP contribution in [0.3, 0.4) is 0 Å². The summed E-state index contributed by atoms with van der Waals surface area (Å²) in [6.45, 7) is 5.93. The van der Waals surface area contributed by atoms with Crippen LogP contribution in [0.5, 0.6) is 0 Å². The van der Waals surface area contributed by atoms with Crippen molar-refractivity contribution in [3.63, 3.8) is 0 Å². The fourth-order valence-electron chi connectivity index (χ4n) is 0.740. The molecule has 0 saturated carbocycles. The summed E-state index contributed by atoms with van der Waals surface area (Å²) < 4.78 is 0. The van der Waals surface area contributed by atoms with Crippen LogP contribution in [-0.2, 0) is 6.42 Å². The second-order valence-electron chi connectivity index (χ2n) is 2.35. The summed E-state index contributed by atoms with van der Waals surface area (Å²) in [5, 5.41) is 0. The molecule has 2 nitrogen and oxygen atoms in total. The zero-order valence-corrected chi connectivity index (χ0v) is 5.59. The molecule has 0 fully saturated rings. The van der Waals surface area contributed by atoms with Gasteiger partial charge < -0.3 is 4.98 Å². The van der Waals surface area contributed by atoms with E-state index in [1.54, 1.807) is 6.20 Å². The molecule has 1 rings (SSSR count). The lowest BCUT2D eigenvalue weighted by Crippen LogP contribution is -1.95.